The Labute approximate surface area is 133 Å². The minimum absolute atomic E-state index is 0.0855. The smallest absolute Gasteiger partial charge is 0.173 e. The number of ketones is 1. The number of carbonyl (C=O) groups excluding carboxylic acids is 1. The van der Waals surface area contributed by atoms with E-state index in [1.807, 2.05) is 30.3 Å². The van der Waals surface area contributed by atoms with Crippen molar-refractivity contribution in [3.63, 3.8) is 0 Å². The van der Waals surface area contributed by atoms with Crippen LogP contribution in [0.25, 0.3) is 10.8 Å². The molecule has 0 bridgehead atoms. The number of nitrogens with zero attached hydrogens (tertiary/aromatic N) is 1. The maximum atomic E-state index is 12.3. The SMILES string of the molecule is COc1ccc(C(=O)CSc2nccc3ccccc23)cc1. The lowest BCUT2D eigenvalue weighted by atomic mass is 10.1. The molecule has 4 heteroatoms. The largest absolute Gasteiger partial charge is 0.497 e. The summed E-state index contributed by atoms with van der Waals surface area (Å²) in [4.78, 5) is 16.7. The van der Waals surface area contributed by atoms with Gasteiger partial charge >= 0.3 is 0 Å². The van der Waals surface area contributed by atoms with Crippen LogP contribution in [0.5, 0.6) is 5.75 Å². The standard InChI is InChI=1S/C18H15NO2S/c1-21-15-8-6-14(7-9-15)17(20)12-22-18-16-5-3-2-4-13(16)10-11-19-18/h2-11H,12H2,1H3. The van der Waals surface area contributed by atoms with E-state index in [4.69, 9.17) is 4.74 Å². The summed E-state index contributed by atoms with van der Waals surface area (Å²) in [5.74, 6) is 1.20. The molecule has 0 N–H and O–H groups in total. The van der Waals surface area contributed by atoms with E-state index in [2.05, 4.69) is 4.98 Å². The van der Waals surface area contributed by atoms with Crippen molar-refractivity contribution in [2.45, 2.75) is 5.03 Å². The van der Waals surface area contributed by atoms with E-state index >= 15 is 0 Å². The topological polar surface area (TPSA) is 39.2 Å². The van der Waals surface area contributed by atoms with Crippen LogP contribution in [0.2, 0.25) is 0 Å². The number of carbonyl (C=O) groups is 1. The van der Waals surface area contributed by atoms with Gasteiger partial charge in [0, 0.05) is 17.1 Å². The molecule has 0 unspecified atom stereocenters. The Hall–Kier alpha value is -2.33. The van der Waals surface area contributed by atoms with Crippen LogP contribution >= 0.6 is 11.8 Å². The van der Waals surface area contributed by atoms with Gasteiger partial charge in [-0.25, -0.2) is 4.98 Å². The number of hydrogen-bond donors (Lipinski definition) is 0. The maximum absolute atomic E-state index is 12.3. The Kier molecular flexibility index (Phi) is 4.39. The number of hydrogen-bond acceptors (Lipinski definition) is 4. The fourth-order valence-corrected chi connectivity index (χ4v) is 3.11. The van der Waals surface area contributed by atoms with Gasteiger partial charge in [-0.2, -0.15) is 0 Å². The Morgan fingerprint density at radius 1 is 1.09 bits per heavy atom. The fraction of sp³-hybridized carbons (Fsp3) is 0.111. The monoisotopic (exact) mass is 309 g/mol. The minimum atomic E-state index is 0.0855. The molecule has 0 saturated carbocycles. The molecule has 1 aromatic heterocycles. The van der Waals surface area contributed by atoms with Crippen LogP contribution in [0.4, 0.5) is 0 Å². The summed E-state index contributed by atoms with van der Waals surface area (Å²) in [5, 5.41) is 3.11. The van der Waals surface area contributed by atoms with Crippen molar-refractivity contribution >= 4 is 28.3 Å². The summed E-state index contributed by atoms with van der Waals surface area (Å²) in [6.07, 6.45) is 1.78. The second kappa shape index (κ2) is 6.62. The highest BCUT2D eigenvalue weighted by atomic mass is 32.2. The number of Topliss-reactive ketones (excluding diaryl/α,β-unsaturated/α-hetero) is 1. The first-order valence-corrected chi connectivity index (χ1v) is 7.90. The van der Waals surface area contributed by atoms with Crippen molar-refractivity contribution in [3.8, 4) is 5.75 Å². The third-order valence-corrected chi connectivity index (χ3v) is 4.39. The fourth-order valence-electron chi connectivity index (χ4n) is 2.20. The van der Waals surface area contributed by atoms with Gasteiger partial charge in [-0.3, -0.25) is 4.79 Å². The molecule has 0 atom stereocenters. The van der Waals surface area contributed by atoms with Gasteiger partial charge in [0.15, 0.2) is 5.78 Å². The second-order valence-electron chi connectivity index (χ2n) is 4.78. The van der Waals surface area contributed by atoms with Gasteiger partial charge in [-0.1, -0.05) is 36.0 Å². The minimum Gasteiger partial charge on any atom is -0.497 e. The van der Waals surface area contributed by atoms with Crippen molar-refractivity contribution in [1.82, 2.24) is 4.98 Å². The molecule has 0 amide bonds. The molecule has 0 radical (unpaired) electrons. The molecule has 0 aliphatic heterocycles. The summed E-state index contributed by atoms with van der Waals surface area (Å²) in [6, 6.07) is 17.2. The van der Waals surface area contributed by atoms with Crippen LogP contribution in [-0.4, -0.2) is 23.6 Å². The van der Waals surface area contributed by atoms with Crippen molar-refractivity contribution in [3.05, 3.63) is 66.4 Å². The zero-order chi connectivity index (χ0) is 15.4. The number of benzene rings is 2. The number of aromatic nitrogens is 1. The molecule has 1 heterocycles. The molecular weight excluding hydrogens is 294 g/mol. The summed E-state index contributed by atoms with van der Waals surface area (Å²) in [6.45, 7) is 0. The van der Waals surface area contributed by atoms with E-state index < -0.39 is 0 Å². The molecular formula is C18H15NO2S. The van der Waals surface area contributed by atoms with Crippen LogP contribution in [0, 0.1) is 0 Å². The van der Waals surface area contributed by atoms with Gasteiger partial charge < -0.3 is 4.74 Å². The van der Waals surface area contributed by atoms with Crippen LogP contribution in [0.15, 0.2) is 65.8 Å². The summed E-state index contributed by atoms with van der Waals surface area (Å²) in [5.41, 5.74) is 0.688. The van der Waals surface area contributed by atoms with Crippen LogP contribution in [0.1, 0.15) is 10.4 Å². The highest BCUT2D eigenvalue weighted by molar-refractivity contribution is 8.00. The molecule has 3 aromatic rings. The first-order valence-electron chi connectivity index (χ1n) is 6.92. The lowest BCUT2D eigenvalue weighted by molar-refractivity contribution is 0.102. The van der Waals surface area contributed by atoms with E-state index in [1.54, 1.807) is 37.6 Å². The van der Waals surface area contributed by atoms with E-state index in [-0.39, 0.29) is 5.78 Å². The highest BCUT2D eigenvalue weighted by Crippen LogP contribution is 2.26. The predicted molar refractivity (Wildman–Crippen MR) is 89.8 cm³/mol. The van der Waals surface area contributed by atoms with E-state index in [1.165, 1.54) is 11.8 Å². The van der Waals surface area contributed by atoms with Gasteiger partial charge in [-0.05, 0) is 35.7 Å². The lowest BCUT2D eigenvalue weighted by Gasteiger charge is -2.05. The van der Waals surface area contributed by atoms with Crippen molar-refractivity contribution < 1.29 is 9.53 Å². The molecule has 22 heavy (non-hydrogen) atoms. The second-order valence-corrected chi connectivity index (χ2v) is 5.74. The average Bonchev–Trinajstić information content (AvgIpc) is 2.59. The van der Waals surface area contributed by atoms with Gasteiger partial charge in [-0.15, -0.1) is 0 Å². The Bertz CT molecular complexity index is 794. The molecule has 110 valence electrons. The number of rotatable bonds is 5. The normalized spacial score (nSPS) is 10.6. The number of ether oxygens (including phenoxy) is 1. The van der Waals surface area contributed by atoms with Crippen LogP contribution in [-0.2, 0) is 0 Å². The van der Waals surface area contributed by atoms with Crippen LogP contribution < -0.4 is 4.74 Å². The molecule has 2 aromatic carbocycles. The Balaban J connectivity index is 1.74. The Morgan fingerprint density at radius 2 is 1.86 bits per heavy atom. The summed E-state index contributed by atoms with van der Waals surface area (Å²) < 4.78 is 5.10. The lowest BCUT2D eigenvalue weighted by Crippen LogP contribution is -2.02. The third kappa shape index (κ3) is 3.12. The zero-order valence-electron chi connectivity index (χ0n) is 12.2. The molecule has 0 fully saturated rings. The van der Waals surface area contributed by atoms with Gasteiger partial charge in [0.25, 0.3) is 0 Å². The number of thioether (sulfide) groups is 1. The van der Waals surface area contributed by atoms with E-state index in [0.717, 1.165) is 21.5 Å². The van der Waals surface area contributed by atoms with Crippen molar-refractivity contribution in [2.24, 2.45) is 0 Å². The molecule has 3 rings (SSSR count). The van der Waals surface area contributed by atoms with Crippen molar-refractivity contribution in [2.75, 3.05) is 12.9 Å². The quantitative estimate of drug-likeness (QED) is 0.522. The van der Waals surface area contributed by atoms with E-state index in [9.17, 15) is 4.79 Å². The molecule has 3 nitrogen and oxygen atoms in total. The number of methoxy groups -OCH3 is 1. The number of fused-ring (bicyclic) bond motifs is 1. The maximum Gasteiger partial charge on any atom is 0.173 e. The van der Waals surface area contributed by atoms with E-state index in [0.29, 0.717) is 11.3 Å². The first kappa shape index (κ1) is 14.6. The Morgan fingerprint density at radius 3 is 2.64 bits per heavy atom. The van der Waals surface area contributed by atoms with Crippen LogP contribution in [0.3, 0.4) is 0 Å². The first-order chi connectivity index (χ1) is 10.8. The summed E-state index contributed by atoms with van der Waals surface area (Å²) >= 11 is 1.47. The zero-order valence-corrected chi connectivity index (χ0v) is 13.0. The van der Waals surface area contributed by atoms with Gasteiger partial charge in [0.05, 0.1) is 12.9 Å². The summed E-state index contributed by atoms with van der Waals surface area (Å²) in [7, 11) is 1.61. The molecule has 0 saturated heterocycles. The average molecular weight is 309 g/mol. The highest BCUT2D eigenvalue weighted by Gasteiger charge is 2.09. The van der Waals surface area contributed by atoms with Gasteiger partial charge in [0.2, 0.25) is 0 Å². The molecule has 0 aliphatic carbocycles. The molecule has 0 aliphatic rings. The molecule has 0 spiro atoms. The third-order valence-electron chi connectivity index (χ3n) is 3.39. The van der Waals surface area contributed by atoms with Gasteiger partial charge in [0.1, 0.15) is 10.8 Å². The predicted octanol–water partition coefficient (Wildman–Crippen LogP) is 4.22. The number of pyridine rings is 1. The van der Waals surface area contributed by atoms with Crippen molar-refractivity contribution in [1.29, 1.82) is 0 Å².